The Hall–Kier alpha value is -4.40. The smallest absolute Gasteiger partial charge is 0.315 e. The van der Waals surface area contributed by atoms with Gasteiger partial charge in [-0.1, -0.05) is 24.3 Å². The molecule has 0 unspecified atom stereocenters. The number of nitro groups is 1. The van der Waals surface area contributed by atoms with Crippen LogP contribution >= 0.6 is 0 Å². The highest BCUT2D eigenvalue weighted by Crippen LogP contribution is 2.36. The normalized spacial score (nSPS) is 10.7. The number of nitrogens with zero attached hydrogens (tertiary/aromatic N) is 2. The summed E-state index contributed by atoms with van der Waals surface area (Å²) in [6, 6.07) is 15.4. The molecule has 3 aromatic rings. The molecule has 0 fully saturated rings. The van der Waals surface area contributed by atoms with E-state index in [0.29, 0.717) is 11.3 Å². The van der Waals surface area contributed by atoms with Gasteiger partial charge in [0, 0.05) is 17.3 Å². The van der Waals surface area contributed by atoms with Crippen LogP contribution in [0.2, 0.25) is 0 Å². The topological polar surface area (TPSA) is 126 Å². The Balaban J connectivity index is 1.80. The molecule has 9 heteroatoms. The van der Waals surface area contributed by atoms with Crippen LogP contribution in [-0.2, 0) is 0 Å². The van der Waals surface area contributed by atoms with Crippen molar-refractivity contribution in [1.29, 1.82) is 0 Å². The minimum atomic E-state index is -0.733. The molecule has 0 aliphatic carbocycles. The summed E-state index contributed by atoms with van der Waals surface area (Å²) >= 11 is 0. The van der Waals surface area contributed by atoms with Crippen molar-refractivity contribution in [3.8, 4) is 11.5 Å². The lowest BCUT2D eigenvalue weighted by molar-refractivity contribution is -0.386. The maximum absolute atomic E-state index is 12.7. The van der Waals surface area contributed by atoms with Crippen molar-refractivity contribution < 1.29 is 19.6 Å². The molecular weight excluding hydrogens is 412 g/mol. The molecule has 3 aromatic carbocycles. The van der Waals surface area contributed by atoms with E-state index in [2.05, 4.69) is 15.8 Å². The minimum Gasteiger partial charge on any atom is -0.500 e. The molecule has 164 valence electrons. The molecule has 1 amide bonds. The predicted octanol–water partition coefficient (Wildman–Crippen LogP) is 4.43. The number of rotatable bonds is 7. The number of aryl methyl sites for hydroxylation is 1. The molecule has 0 saturated heterocycles. The van der Waals surface area contributed by atoms with Crippen LogP contribution in [0.25, 0.3) is 0 Å². The number of hydrogen-bond donors (Lipinski definition) is 3. The highest BCUT2D eigenvalue weighted by atomic mass is 16.6. The fourth-order valence-electron chi connectivity index (χ4n) is 3.03. The molecule has 0 bridgehead atoms. The Morgan fingerprint density at radius 3 is 2.56 bits per heavy atom. The van der Waals surface area contributed by atoms with Crippen molar-refractivity contribution in [2.24, 2.45) is 5.10 Å². The number of hydrazone groups is 1. The molecular formula is C23H22N4O5. The third-order valence-corrected chi connectivity index (χ3v) is 4.92. The number of hydrogen-bond acceptors (Lipinski definition) is 7. The second-order valence-electron chi connectivity index (χ2n) is 6.97. The first-order valence-electron chi connectivity index (χ1n) is 9.63. The van der Waals surface area contributed by atoms with Crippen molar-refractivity contribution in [3.63, 3.8) is 0 Å². The van der Waals surface area contributed by atoms with Crippen LogP contribution in [0.1, 0.15) is 27.0 Å². The fraction of sp³-hybridized carbons (Fsp3) is 0.130. The molecule has 32 heavy (non-hydrogen) atoms. The van der Waals surface area contributed by atoms with Crippen LogP contribution in [0.15, 0.2) is 59.7 Å². The number of carbonyl (C=O) groups is 1. The number of carbonyl (C=O) groups excluding carboxylic acids is 1. The summed E-state index contributed by atoms with van der Waals surface area (Å²) in [6.07, 6.45) is 1.23. The summed E-state index contributed by atoms with van der Waals surface area (Å²) in [6.45, 7) is 4.01. The molecule has 0 saturated carbocycles. The van der Waals surface area contributed by atoms with Crippen molar-refractivity contribution in [3.05, 3.63) is 87.0 Å². The number of amides is 1. The van der Waals surface area contributed by atoms with Gasteiger partial charge in [0.2, 0.25) is 5.75 Å². The Kier molecular flexibility index (Phi) is 6.69. The molecule has 3 N–H and O–H groups in total. The molecule has 0 aliphatic heterocycles. The van der Waals surface area contributed by atoms with Crippen LogP contribution in [-0.4, -0.2) is 29.3 Å². The van der Waals surface area contributed by atoms with Gasteiger partial charge in [-0.05, 0) is 49.2 Å². The van der Waals surface area contributed by atoms with Gasteiger partial charge < -0.3 is 15.2 Å². The zero-order valence-corrected chi connectivity index (χ0v) is 17.7. The number of benzene rings is 3. The van der Waals surface area contributed by atoms with E-state index in [4.69, 9.17) is 4.74 Å². The molecule has 0 heterocycles. The number of phenols is 1. The average molecular weight is 434 g/mol. The highest BCUT2D eigenvalue weighted by molar-refractivity contribution is 6.00. The van der Waals surface area contributed by atoms with Crippen molar-refractivity contribution in [1.82, 2.24) is 5.43 Å². The number of nitrogens with one attached hydrogen (secondary N) is 2. The molecule has 0 aromatic heterocycles. The quantitative estimate of drug-likeness (QED) is 0.287. The summed E-state index contributed by atoms with van der Waals surface area (Å²) in [5, 5.41) is 28.1. The van der Waals surface area contributed by atoms with E-state index in [1.807, 2.05) is 38.1 Å². The lowest BCUT2D eigenvalue weighted by Gasteiger charge is -2.14. The Morgan fingerprint density at radius 1 is 1.12 bits per heavy atom. The van der Waals surface area contributed by atoms with Crippen molar-refractivity contribution in [2.75, 3.05) is 12.4 Å². The van der Waals surface area contributed by atoms with E-state index < -0.39 is 22.3 Å². The lowest BCUT2D eigenvalue weighted by Crippen LogP contribution is -2.19. The Labute approximate surface area is 184 Å². The van der Waals surface area contributed by atoms with Gasteiger partial charge in [0.1, 0.15) is 0 Å². The molecule has 0 aliphatic rings. The molecule has 3 rings (SSSR count). The van der Waals surface area contributed by atoms with Crippen molar-refractivity contribution in [2.45, 2.75) is 13.8 Å². The number of methoxy groups -OCH3 is 1. The fourth-order valence-corrected chi connectivity index (χ4v) is 3.03. The summed E-state index contributed by atoms with van der Waals surface area (Å²) in [5.41, 5.74) is 6.23. The number of anilines is 2. The maximum Gasteiger partial charge on any atom is 0.315 e. The third-order valence-electron chi connectivity index (χ3n) is 4.92. The van der Waals surface area contributed by atoms with Gasteiger partial charge in [0.05, 0.1) is 29.5 Å². The zero-order chi connectivity index (χ0) is 23.3. The van der Waals surface area contributed by atoms with E-state index >= 15 is 0 Å². The summed E-state index contributed by atoms with van der Waals surface area (Å²) in [7, 11) is 1.28. The van der Waals surface area contributed by atoms with Gasteiger partial charge in [-0.2, -0.15) is 5.10 Å². The molecule has 0 atom stereocenters. The van der Waals surface area contributed by atoms with E-state index in [1.54, 1.807) is 18.2 Å². The first-order valence-corrected chi connectivity index (χ1v) is 9.63. The Morgan fingerprint density at radius 2 is 1.84 bits per heavy atom. The van der Waals surface area contributed by atoms with Gasteiger partial charge in [0.15, 0.2) is 5.75 Å². The first-order chi connectivity index (χ1) is 15.3. The number of nitro benzene ring substituents is 1. The van der Waals surface area contributed by atoms with E-state index in [9.17, 15) is 20.0 Å². The minimum absolute atomic E-state index is 0.0740. The van der Waals surface area contributed by atoms with E-state index in [1.165, 1.54) is 19.4 Å². The van der Waals surface area contributed by atoms with Crippen molar-refractivity contribution >= 4 is 29.2 Å². The molecule has 0 radical (unpaired) electrons. The second kappa shape index (κ2) is 9.61. The number of ether oxygens (including phenoxy) is 1. The first kappa shape index (κ1) is 22.3. The third kappa shape index (κ3) is 4.84. The lowest BCUT2D eigenvalue weighted by atomic mass is 10.1. The average Bonchev–Trinajstić information content (AvgIpc) is 2.77. The maximum atomic E-state index is 12.7. The van der Waals surface area contributed by atoms with Crippen LogP contribution < -0.4 is 15.5 Å². The molecule has 0 spiro atoms. The standard InChI is InChI=1S/C23H22N4O5/c1-14-7-6-10-18(15(14)2)25-19-9-5-4-8-17(19)23(29)26-24-13-16-11-20(27(30)31)22(28)21(12-16)32-3/h4-13,25,28H,1-3H3,(H,26,29)/b24-13+. The van der Waals surface area contributed by atoms with Crippen LogP contribution in [0.4, 0.5) is 17.1 Å². The van der Waals surface area contributed by atoms with Crippen LogP contribution in [0.3, 0.4) is 0 Å². The Bertz CT molecular complexity index is 1210. The van der Waals surface area contributed by atoms with E-state index in [-0.39, 0.29) is 11.3 Å². The molecule has 9 nitrogen and oxygen atoms in total. The largest absolute Gasteiger partial charge is 0.500 e. The van der Waals surface area contributed by atoms with Crippen LogP contribution in [0, 0.1) is 24.0 Å². The zero-order valence-electron chi connectivity index (χ0n) is 17.7. The van der Waals surface area contributed by atoms with Gasteiger partial charge >= 0.3 is 5.69 Å². The van der Waals surface area contributed by atoms with Gasteiger partial charge in [-0.25, -0.2) is 5.43 Å². The summed E-state index contributed by atoms with van der Waals surface area (Å²) in [5.74, 6) is -1.12. The number of phenolic OH excluding ortho intramolecular Hbond substituents is 1. The summed E-state index contributed by atoms with van der Waals surface area (Å²) in [4.78, 5) is 23.1. The van der Waals surface area contributed by atoms with E-state index in [0.717, 1.165) is 22.9 Å². The summed E-state index contributed by atoms with van der Waals surface area (Å²) < 4.78 is 4.95. The number of aromatic hydroxyl groups is 1. The van der Waals surface area contributed by atoms with Gasteiger partial charge in [-0.3, -0.25) is 14.9 Å². The van der Waals surface area contributed by atoms with Crippen LogP contribution in [0.5, 0.6) is 11.5 Å². The second-order valence-corrected chi connectivity index (χ2v) is 6.97. The monoisotopic (exact) mass is 434 g/mol. The van der Waals surface area contributed by atoms with Gasteiger partial charge in [0.25, 0.3) is 5.91 Å². The predicted molar refractivity (Wildman–Crippen MR) is 122 cm³/mol. The number of para-hydroxylation sites is 1. The SMILES string of the molecule is COc1cc(/C=N/NC(=O)c2ccccc2Nc2cccc(C)c2C)cc([N+](=O)[O-])c1O. The highest BCUT2D eigenvalue weighted by Gasteiger charge is 2.19. The van der Waals surface area contributed by atoms with Gasteiger partial charge in [-0.15, -0.1) is 0 Å².